The standard InChI is InChI=1S/C12H19N3S/c1-4-10-11(7-8-13)16-12(14-10)9-15(5-2)6-3/h4-7,9H2,1-3H3. The van der Waals surface area contributed by atoms with Crippen molar-refractivity contribution in [2.45, 2.75) is 40.2 Å². The van der Waals surface area contributed by atoms with Crippen molar-refractivity contribution in [2.24, 2.45) is 0 Å². The van der Waals surface area contributed by atoms with Gasteiger partial charge in [-0.25, -0.2) is 4.98 Å². The van der Waals surface area contributed by atoms with E-state index < -0.39 is 0 Å². The zero-order valence-electron chi connectivity index (χ0n) is 10.3. The van der Waals surface area contributed by atoms with E-state index in [0.717, 1.165) is 41.6 Å². The highest BCUT2D eigenvalue weighted by atomic mass is 32.1. The van der Waals surface area contributed by atoms with Gasteiger partial charge >= 0.3 is 0 Å². The SMILES string of the molecule is CCc1nc(CN(CC)CC)sc1CC#N. The quantitative estimate of drug-likeness (QED) is 0.763. The van der Waals surface area contributed by atoms with Gasteiger partial charge in [0.05, 0.1) is 24.7 Å². The molecule has 88 valence electrons. The van der Waals surface area contributed by atoms with Crippen molar-refractivity contribution >= 4 is 11.3 Å². The van der Waals surface area contributed by atoms with E-state index in [4.69, 9.17) is 5.26 Å². The summed E-state index contributed by atoms with van der Waals surface area (Å²) < 4.78 is 0. The Balaban J connectivity index is 2.78. The van der Waals surface area contributed by atoms with Crippen molar-refractivity contribution in [3.63, 3.8) is 0 Å². The Bertz CT molecular complexity index is 361. The fourth-order valence-electron chi connectivity index (χ4n) is 1.63. The molecule has 0 spiro atoms. The number of hydrogen-bond donors (Lipinski definition) is 0. The average molecular weight is 237 g/mol. The van der Waals surface area contributed by atoms with E-state index in [0.29, 0.717) is 6.42 Å². The minimum atomic E-state index is 0.499. The highest BCUT2D eigenvalue weighted by Gasteiger charge is 2.11. The van der Waals surface area contributed by atoms with Gasteiger partial charge in [0.2, 0.25) is 0 Å². The molecule has 4 heteroatoms. The van der Waals surface area contributed by atoms with E-state index in [2.05, 4.69) is 36.7 Å². The lowest BCUT2D eigenvalue weighted by molar-refractivity contribution is 0.295. The van der Waals surface area contributed by atoms with Gasteiger partial charge in [-0.1, -0.05) is 20.8 Å². The molecule has 1 heterocycles. The van der Waals surface area contributed by atoms with E-state index in [9.17, 15) is 0 Å². The minimum absolute atomic E-state index is 0.499. The summed E-state index contributed by atoms with van der Waals surface area (Å²) in [7, 11) is 0. The first-order chi connectivity index (χ1) is 7.74. The lowest BCUT2D eigenvalue weighted by Crippen LogP contribution is -2.21. The van der Waals surface area contributed by atoms with Crippen LogP contribution in [0.2, 0.25) is 0 Å². The Kier molecular flexibility index (Phi) is 5.44. The normalized spacial score (nSPS) is 10.7. The second-order valence-corrected chi connectivity index (χ2v) is 4.80. The zero-order valence-corrected chi connectivity index (χ0v) is 11.1. The second kappa shape index (κ2) is 6.62. The van der Waals surface area contributed by atoms with Crippen LogP contribution in [0.4, 0.5) is 0 Å². The van der Waals surface area contributed by atoms with Crippen LogP contribution in [0.5, 0.6) is 0 Å². The number of rotatable bonds is 6. The molecule has 1 rings (SSSR count). The summed E-state index contributed by atoms with van der Waals surface area (Å²) in [6, 6.07) is 2.21. The van der Waals surface area contributed by atoms with Gasteiger partial charge in [0.1, 0.15) is 5.01 Å². The largest absolute Gasteiger partial charge is 0.297 e. The molecular weight excluding hydrogens is 218 g/mol. The first-order valence-corrected chi connectivity index (χ1v) is 6.63. The topological polar surface area (TPSA) is 39.9 Å². The smallest absolute Gasteiger partial charge is 0.107 e. The summed E-state index contributed by atoms with van der Waals surface area (Å²) in [6.07, 6.45) is 1.42. The maximum Gasteiger partial charge on any atom is 0.107 e. The average Bonchev–Trinajstić information content (AvgIpc) is 2.68. The van der Waals surface area contributed by atoms with Crippen molar-refractivity contribution in [1.82, 2.24) is 9.88 Å². The van der Waals surface area contributed by atoms with Gasteiger partial charge in [0.15, 0.2) is 0 Å². The van der Waals surface area contributed by atoms with Crippen molar-refractivity contribution in [2.75, 3.05) is 13.1 Å². The molecule has 0 aliphatic carbocycles. The zero-order chi connectivity index (χ0) is 12.0. The van der Waals surface area contributed by atoms with E-state index in [1.54, 1.807) is 11.3 Å². The molecule has 0 aliphatic heterocycles. The highest BCUT2D eigenvalue weighted by Crippen LogP contribution is 2.21. The van der Waals surface area contributed by atoms with Crippen molar-refractivity contribution in [3.05, 3.63) is 15.6 Å². The number of aryl methyl sites for hydroxylation is 1. The molecule has 16 heavy (non-hydrogen) atoms. The van der Waals surface area contributed by atoms with Crippen LogP contribution in [-0.4, -0.2) is 23.0 Å². The van der Waals surface area contributed by atoms with Gasteiger partial charge in [0.25, 0.3) is 0 Å². The molecule has 0 fully saturated rings. The number of thiazole rings is 1. The molecule has 0 aliphatic rings. The van der Waals surface area contributed by atoms with Crippen molar-refractivity contribution in [3.8, 4) is 6.07 Å². The fraction of sp³-hybridized carbons (Fsp3) is 0.667. The molecule has 0 unspecified atom stereocenters. The molecule has 0 bridgehead atoms. The van der Waals surface area contributed by atoms with E-state index in [1.165, 1.54) is 0 Å². The van der Waals surface area contributed by atoms with Gasteiger partial charge in [0, 0.05) is 4.88 Å². The van der Waals surface area contributed by atoms with Crippen LogP contribution in [-0.2, 0) is 19.4 Å². The Morgan fingerprint density at radius 1 is 1.31 bits per heavy atom. The van der Waals surface area contributed by atoms with Crippen LogP contribution < -0.4 is 0 Å². The Morgan fingerprint density at radius 3 is 2.50 bits per heavy atom. The molecule has 3 nitrogen and oxygen atoms in total. The monoisotopic (exact) mass is 237 g/mol. The lowest BCUT2D eigenvalue weighted by Gasteiger charge is -2.15. The molecule has 1 aromatic rings. The predicted octanol–water partition coefficient (Wildman–Crippen LogP) is 2.61. The van der Waals surface area contributed by atoms with Crippen molar-refractivity contribution < 1.29 is 0 Å². The maximum atomic E-state index is 8.74. The van der Waals surface area contributed by atoms with Gasteiger partial charge in [-0.2, -0.15) is 5.26 Å². The first kappa shape index (κ1) is 13.1. The summed E-state index contributed by atoms with van der Waals surface area (Å²) in [6.45, 7) is 9.42. The van der Waals surface area contributed by atoms with Crippen LogP contribution >= 0.6 is 11.3 Å². The van der Waals surface area contributed by atoms with Gasteiger partial charge < -0.3 is 0 Å². The maximum absolute atomic E-state index is 8.74. The van der Waals surface area contributed by atoms with Crippen molar-refractivity contribution in [1.29, 1.82) is 5.26 Å². The summed E-state index contributed by atoms with van der Waals surface area (Å²) in [5.41, 5.74) is 1.11. The van der Waals surface area contributed by atoms with E-state index in [1.807, 2.05) is 0 Å². The molecule has 0 saturated heterocycles. The van der Waals surface area contributed by atoms with E-state index >= 15 is 0 Å². The number of hydrogen-bond acceptors (Lipinski definition) is 4. The molecule has 0 aromatic carbocycles. The molecule has 0 saturated carbocycles. The summed E-state index contributed by atoms with van der Waals surface area (Å²) in [5, 5.41) is 9.89. The molecule has 0 atom stereocenters. The van der Waals surface area contributed by atoms with Gasteiger partial charge in [-0.3, -0.25) is 4.90 Å². The Labute approximate surface area is 102 Å². The number of nitrogens with zero attached hydrogens (tertiary/aromatic N) is 3. The Morgan fingerprint density at radius 2 is 2.00 bits per heavy atom. The molecule has 0 amide bonds. The van der Waals surface area contributed by atoms with Gasteiger partial charge in [-0.15, -0.1) is 11.3 Å². The number of nitriles is 1. The molecule has 1 aromatic heterocycles. The highest BCUT2D eigenvalue weighted by molar-refractivity contribution is 7.11. The number of aromatic nitrogens is 1. The predicted molar refractivity (Wildman–Crippen MR) is 67.4 cm³/mol. The van der Waals surface area contributed by atoms with Gasteiger partial charge in [-0.05, 0) is 19.5 Å². The summed E-state index contributed by atoms with van der Waals surface area (Å²) >= 11 is 1.69. The fourth-order valence-corrected chi connectivity index (χ4v) is 2.76. The second-order valence-electron chi connectivity index (χ2n) is 3.63. The van der Waals surface area contributed by atoms with Crippen LogP contribution in [0, 0.1) is 11.3 Å². The minimum Gasteiger partial charge on any atom is -0.297 e. The Hall–Kier alpha value is -0.920. The van der Waals surface area contributed by atoms with Crippen LogP contribution in [0.25, 0.3) is 0 Å². The first-order valence-electron chi connectivity index (χ1n) is 5.81. The van der Waals surface area contributed by atoms with Crippen LogP contribution in [0.1, 0.15) is 36.3 Å². The third-order valence-corrected chi connectivity index (χ3v) is 3.73. The molecule has 0 N–H and O–H groups in total. The van der Waals surface area contributed by atoms with E-state index in [-0.39, 0.29) is 0 Å². The summed E-state index contributed by atoms with van der Waals surface area (Å²) in [5.74, 6) is 0. The lowest BCUT2D eigenvalue weighted by atomic mass is 10.2. The summed E-state index contributed by atoms with van der Waals surface area (Å²) in [4.78, 5) is 8.10. The molecule has 0 radical (unpaired) electrons. The third-order valence-electron chi connectivity index (χ3n) is 2.65. The van der Waals surface area contributed by atoms with Crippen LogP contribution in [0.15, 0.2) is 0 Å². The third kappa shape index (κ3) is 3.29. The molecular formula is C12H19N3S. The van der Waals surface area contributed by atoms with Crippen LogP contribution in [0.3, 0.4) is 0 Å².